The van der Waals surface area contributed by atoms with E-state index in [-0.39, 0.29) is 20.0 Å². The summed E-state index contributed by atoms with van der Waals surface area (Å²) in [7, 11) is 0. The second-order valence-electron chi connectivity index (χ2n) is 3.58. The van der Waals surface area contributed by atoms with Gasteiger partial charge >= 0.3 is 37.8 Å². The number of hydrogen-bond acceptors (Lipinski definition) is 0. The standard InChI is InChI=1S/C7H5F3N.C3H9Ge/c8-7(9,10)5-2-1-3-6(11)4-5;1-4(2)3/h1-4,11H;1-3H3/q-1;. The fraction of sp³-hybridized carbons (Fsp3) is 0.400. The molecule has 0 spiro atoms. The van der Waals surface area contributed by atoms with Gasteiger partial charge in [-0.2, -0.15) is 13.2 Å². The molecule has 1 rings (SSSR count). The van der Waals surface area contributed by atoms with Gasteiger partial charge in [-0.3, -0.25) is 0 Å². The molecule has 1 aromatic carbocycles. The van der Waals surface area contributed by atoms with Crippen LogP contribution in [0, 0.1) is 0 Å². The van der Waals surface area contributed by atoms with Crippen molar-refractivity contribution < 1.29 is 13.2 Å². The van der Waals surface area contributed by atoms with Crippen molar-refractivity contribution in [3.05, 3.63) is 35.6 Å². The predicted octanol–water partition coefficient (Wildman–Crippen LogP) is 4.76. The Balaban J connectivity index is 0.000000423. The van der Waals surface area contributed by atoms with E-state index in [1.807, 2.05) is 0 Å². The van der Waals surface area contributed by atoms with Gasteiger partial charge in [0.15, 0.2) is 0 Å². The number of rotatable bonds is 0. The normalized spacial score (nSPS) is 10.9. The molecule has 0 bridgehead atoms. The quantitative estimate of drug-likeness (QED) is 0.611. The first-order valence-corrected chi connectivity index (χ1v) is 10.7. The molecule has 0 amide bonds. The van der Waals surface area contributed by atoms with Crippen molar-refractivity contribution in [3.8, 4) is 0 Å². The number of hydrogen-bond donors (Lipinski definition) is 0. The van der Waals surface area contributed by atoms with E-state index in [1.54, 1.807) is 0 Å². The van der Waals surface area contributed by atoms with Gasteiger partial charge in [0, 0.05) is 0 Å². The Bertz CT molecular complexity index is 294. The zero-order valence-corrected chi connectivity index (χ0v) is 11.0. The molecule has 0 saturated heterocycles. The van der Waals surface area contributed by atoms with Crippen molar-refractivity contribution in [2.75, 3.05) is 0 Å². The molecule has 0 heterocycles. The van der Waals surface area contributed by atoms with Gasteiger partial charge in [0.25, 0.3) is 0 Å². The molecule has 15 heavy (non-hydrogen) atoms. The van der Waals surface area contributed by atoms with Gasteiger partial charge in [0.1, 0.15) is 0 Å². The van der Waals surface area contributed by atoms with Gasteiger partial charge in [-0.25, -0.2) is 0 Å². The van der Waals surface area contributed by atoms with Crippen molar-refractivity contribution >= 4 is 20.0 Å². The molecule has 0 fully saturated rings. The van der Waals surface area contributed by atoms with Crippen molar-refractivity contribution in [1.29, 1.82) is 0 Å². The van der Waals surface area contributed by atoms with Crippen LogP contribution in [0.25, 0.3) is 5.73 Å². The topological polar surface area (TPSA) is 23.8 Å². The molecule has 0 atom stereocenters. The second kappa shape index (κ2) is 6.05. The number of halogens is 3. The van der Waals surface area contributed by atoms with E-state index in [1.165, 1.54) is 12.1 Å². The third-order valence-electron chi connectivity index (χ3n) is 1.19. The maximum Gasteiger partial charge on any atom is 0.416 e. The SMILES string of the molecule is [CH3][Ge]([CH3])[CH3].[NH-]c1cccc(C(F)(F)F)c1. The van der Waals surface area contributed by atoms with E-state index < -0.39 is 11.7 Å². The second-order valence-corrected chi connectivity index (χ2v) is 9.87. The van der Waals surface area contributed by atoms with E-state index in [4.69, 9.17) is 5.73 Å². The first-order valence-electron chi connectivity index (χ1n) is 4.39. The molecule has 0 saturated carbocycles. The number of nitrogens with one attached hydrogen (secondary N) is 1. The maximum absolute atomic E-state index is 11.9. The zero-order chi connectivity index (χ0) is 12.1. The zero-order valence-electron chi connectivity index (χ0n) is 8.94. The van der Waals surface area contributed by atoms with Crippen LogP contribution in [0.15, 0.2) is 24.3 Å². The fourth-order valence-corrected chi connectivity index (χ4v) is 0.696. The summed E-state index contributed by atoms with van der Waals surface area (Å²) in [6, 6.07) is 4.25. The Morgan fingerprint density at radius 1 is 1.13 bits per heavy atom. The Hall–Kier alpha value is -0.647. The maximum atomic E-state index is 11.9. The summed E-state index contributed by atoms with van der Waals surface area (Å²) in [5, 5.41) is 0. The van der Waals surface area contributed by atoms with E-state index in [0.29, 0.717) is 0 Å². The third-order valence-corrected chi connectivity index (χ3v) is 1.19. The van der Waals surface area contributed by atoms with Crippen LogP contribution in [0.2, 0.25) is 17.3 Å². The molecule has 1 nitrogen and oxygen atoms in total. The molecule has 1 radical (unpaired) electrons. The summed E-state index contributed by atoms with van der Waals surface area (Å²) in [5.74, 6) is 7.00. The van der Waals surface area contributed by atoms with Crippen LogP contribution in [-0.4, -0.2) is 14.3 Å². The summed E-state index contributed by atoms with van der Waals surface area (Å²) < 4.78 is 35.7. The van der Waals surface area contributed by atoms with E-state index in [2.05, 4.69) is 17.3 Å². The predicted molar refractivity (Wildman–Crippen MR) is 58.8 cm³/mol. The Morgan fingerprint density at radius 2 is 1.60 bits per heavy atom. The first-order chi connectivity index (χ1) is 6.73. The van der Waals surface area contributed by atoms with Crippen molar-refractivity contribution in [2.24, 2.45) is 0 Å². The molecule has 0 aliphatic rings. The minimum atomic E-state index is -4.34. The smallest absolute Gasteiger partial charge is 0.416 e. The average Bonchev–Trinajstić information content (AvgIpc) is 2.01. The molecule has 0 unspecified atom stereocenters. The summed E-state index contributed by atoms with van der Waals surface area (Å²) in [6.45, 7) is 0. The Labute approximate surface area is 92.6 Å². The van der Waals surface area contributed by atoms with Gasteiger partial charge in [0.05, 0.1) is 5.56 Å². The van der Waals surface area contributed by atoms with Gasteiger partial charge < -0.3 is 5.73 Å². The number of benzene rings is 1. The molecular weight excluding hydrogens is 264 g/mol. The van der Waals surface area contributed by atoms with Gasteiger partial charge in [-0.1, -0.05) is 24.3 Å². The van der Waals surface area contributed by atoms with Crippen molar-refractivity contribution in [1.82, 2.24) is 0 Å². The monoisotopic (exact) mass is 279 g/mol. The van der Waals surface area contributed by atoms with Gasteiger partial charge in [-0.05, 0) is 0 Å². The molecule has 0 aliphatic heterocycles. The van der Waals surface area contributed by atoms with E-state index in [0.717, 1.165) is 12.1 Å². The summed E-state index contributed by atoms with van der Waals surface area (Å²) in [4.78, 5) is 0. The summed E-state index contributed by atoms with van der Waals surface area (Å²) in [5.41, 5.74) is 6.02. The largest absolute Gasteiger partial charge is 0.699 e. The van der Waals surface area contributed by atoms with Crippen LogP contribution in [0.5, 0.6) is 0 Å². The van der Waals surface area contributed by atoms with Crippen molar-refractivity contribution in [3.63, 3.8) is 0 Å². The summed E-state index contributed by atoms with van der Waals surface area (Å²) in [6.07, 6.45) is -4.34. The molecule has 5 heteroatoms. The fourth-order valence-electron chi connectivity index (χ4n) is 0.696. The molecule has 1 aromatic rings. The van der Waals surface area contributed by atoms with Gasteiger partial charge in [-0.15, -0.1) is 5.69 Å². The number of alkyl halides is 3. The van der Waals surface area contributed by atoms with Crippen LogP contribution in [-0.2, 0) is 6.18 Å². The molecule has 0 aromatic heterocycles. The van der Waals surface area contributed by atoms with Crippen LogP contribution in [0.4, 0.5) is 18.9 Å². The Kier molecular flexibility index (Phi) is 5.79. The average molecular weight is 278 g/mol. The van der Waals surface area contributed by atoms with E-state index >= 15 is 0 Å². The first kappa shape index (κ1) is 14.4. The van der Waals surface area contributed by atoms with Crippen molar-refractivity contribution in [2.45, 2.75) is 23.4 Å². The minimum Gasteiger partial charge on any atom is -0.699 e. The summed E-state index contributed by atoms with van der Waals surface area (Å²) >= 11 is -0.333. The van der Waals surface area contributed by atoms with Crippen LogP contribution < -0.4 is 0 Å². The van der Waals surface area contributed by atoms with Crippen LogP contribution in [0.1, 0.15) is 5.56 Å². The Morgan fingerprint density at radius 3 is 1.87 bits per heavy atom. The molecule has 1 N–H and O–H groups in total. The minimum absolute atomic E-state index is 0.125. The van der Waals surface area contributed by atoms with E-state index in [9.17, 15) is 13.2 Å². The van der Waals surface area contributed by atoms with Gasteiger partial charge in [0.2, 0.25) is 0 Å². The molecular formula is C10H14F3GeN-. The van der Waals surface area contributed by atoms with Crippen LogP contribution in [0.3, 0.4) is 0 Å². The molecule has 0 aliphatic carbocycles. The third kappa shape index (κ3) is 7.30. The van der Waals surface area contributed by atoms with Crippen LogP contribution >= 0.6 is 0 Å². The molecule has 85 valence electrons.